The number of hydrogen-bond donors (Lipinski definition) is 1. The first kappa shape index (κ1) is 19.4. The fourth-order valence-corrected chi connectivity index (χ4v) is 4.67. The van der Waals surface area contributed by atoms with Crippen molar-refractivity contribution in [3.63, 3.8) is 0 Å². The monoisotopic (exact) mass is 359 g/mol. The predicted molar refractivity (Wildman–Crippen MR) is 112 cm³/mol. The van der Waals surface area contributed by atoms with Gasteiger partial charge < -0.3 is 4.90 Å². The molecule has 2 aromatic rings. The van der Waals surface area contributed by atoms with Gasteiger partial charge in [-0.05, 0) is 49.7 Å². The molecule has 2 aromatic carbocycles. The normalized spacial score (nSPS) is 12.5. The van der Waals surface area contributed by atoms with E-state index in [1.165, 1.54) is 29.5 Å². The number of thioether (sulfide) groups is 1. The minimum atomic E-state index is 0.353. The molecule has 24 heavy (non-hydrogen) atoms. The van der Waals surface area contributed by atoms with Gasteiger partial charge in [-0.3, -0.25) is 0 Å². The maximum atomic E-state index is 4.73. The van der Waals surface area contributed by atoms with Crippen molar-refractivity contribution in [2.45, 2.75) is 36.3 Å². The second-order valence-electron chi connectivity index (χ2n) is 6.42. The number of unbranched alkanes of at least 4 members (excludes halogenated alkanes) is 1. The van der Waals surface area contributed by atoms with E-state index in [1.807, 2.05) is 11.8 Å². The van der Waals surface area contributed by atoms with Gasteiger partial charge in [0.05, 0.1) is 5.25 Å². The summed E-state index contributed by atoms with van der Waals surface area (Å²) < 4.78 is 0. The number of rotatable bonds is 9. The molecule has 2 rings (SSSR count). The molecule has 0 aromatic heterocycles. The molecule has 0 aliphatic heterocycles. The molecule has 1 nitrogen and oxygen atoms in total. The molecular weight excluding hydrogens is 330 g/mol. The molecular formula is C21H29NS2. The third-order valence-electron chi connectivity index (χ3n) is 4.18. The van der Waals surface area contributed by atoms with E-state index >= 15 is 0 Å². The summed E-state index contributed by atoms with van der Waals surface area (Å²) in [5.41, 5.74) is 4.27. The zero-order chi connectivity index (χ0) is 17.4. The molecule has 1 atom stereocenters. The average Bonchev–Trinajstić information content (AvgIpc) is 2.58. The molecule has 0 radical (unpaired) electrons. The minimum absolute atomic E-state index is 0.353. The van der Waals surface area contributed by atoms with E-state index in [9.17, 15) is 0 Å². The molecule has 0 fully saturated rings. The third-order valence-corrected chi connectivity index (χ3v) is 5.85. The molecule has 0 saturated carbocycles. The van der Waals surface area contributed by atoms with E-state index in [0.29, 0.717) is 5.25 Å². The number of hydrogen-bond acceptors (Lipinski definition) is 3. The Bertz CT molecular complexity index is 625. The molecule has 3 heteroatoms. The van der Waals surface area contributed by atoms with E-state index < -0.39 is 0 Å². The maximum Gasteiger partial charge on any atom is 0.0560 e. The van der Waals surface area contributed by atoms with E-state index in [1.54, 1.807) is 0 Å². The lowest BCUT2D eigenvalue weighted by molar-refractivity contribution is 0.437. The molecule has 1 unspecified atom stereocenters. The quantitative estimate of drug-likeness (QED) is 0.572. The zero-order valence-electron chi connectivity index (χ0n) is 15.0. The summed E-state index contributed by atoms with van der Waals surface area (Å²) in [4.78, 5) is 3.34. The van der Waals surface area contributed by atoms with Crippen LogP contribution in [-0.2, 0) is 6.42 Å². The molecule has 0 spiro atoms. The molecule has 0 bridgehead atoms. The summed E-state index contributed by atoms with van der Waals surface area (Å²) in [6.07, 6.45) is 3.64. The molecule has 0 N–H and O–H groups in total. The van der Waals surface area contributed by atoms with Crippen LogP contribution in [0.15, 0.2) is 53.4 Å². The van der Waals surface area contributed by atoms with Crippen LogP contribution in [0.3, 0.4) is 0 Å². The van der Waals surface area contributed by atoms with Gasteiger partial charge in [0.1, 0.15) is 0 Å². The Morgan fingerprint density at radius 1 is 1.00 bits per heavy atom. The van der Waals surface area contributed by atoms with Crippen LogP contribution in [0, 0.1) is 0 Å². The van der Waals surface area contributed by atoms with E-state index in [0.717, 1.165) is 23.6 Å². The highest BCUT2D eigenvalue weighted by molar-refractivity contribution is 7.99. The second-order valence-corrected chi connectivity index (χ2v) is 8.11. The van der Waals surface area contributed by atoms with Crippen LogP contribution in [0.25, 0.3) is 0 Å². The van der Waals surface area contributed by atoms with Gasteiger partial charge in [0.25, 0.3) is 0 Å². The van der Waals surface area contributed by atoms with Gasteiger partial charge in [-0.25, -0.2) is 0 Å². The van der Waals surface area contributed by atoms with Crippen molar-refractivity contribution in [2.75, 3.05) is 26.4 Å². The van der Waals surface area contributed by atoms with Crippen LogP contribution >= 0.6 is 24.4 Å². The SMILES string of the molecule is CCCCc1ccccc1C(SCCN(C)C)c1ccccc1S. The average molecular weight is 360 g/mol. The van der Waals surface area contributed by atoms with Crippen molar-refractivity contribution in [3.8, 4) is 0 Å². The van der Waals surface area contributed by atoms with Crippen LogP contribution in [0.5, 0.6) is 0 Å². The number of aryl methyl sites for hydroxylation is 1. The van der Waals surface area contributed by atoms with Gasteiger partial charge in [-0.1, -0.05) is 55.8 Å². The summed E-state index contributed by atoms with van der Waals surface area (Å²) in [6.45, 7) is 3.35. The lowest BCUT2D eigenvalue weighted by Crippen LogP contribution is -2.16. The van der Waals surface area contributed by atoms with Crippen molar-refractivity contribution in [1.29, 1.82) is 0 Å². The molecule has 0 aliphatic carbocycles. The molecule has 0 amide bonds. The zero-order valence-corrected chi connectivity index (χ0v) is 16.7. The minimum Gasteiger partial charge on any atom is -0.309 e. The van der Waals surface area contributed by atoms with Crippen LogP contribution in [-0.4, -0.2) is 31.3 Å². The van der Waals surface area contributed by atoms with E-state index in [4.69, 9.17) is 12.6 Å². The van der Waals surface area contributed by atoms with E-state index in [-0.39, 0.29) is 0 Å². The Hall–Kier alpha value is -0.900. The number of benzene rings is 2. The first-order valence-electron chi connectivity index (χ1n) is 8.75. The van der Waals surface area contributed by atoms with Crippen LogP contribution in [0.4, 0.5) is 0 Å². The van der Waals surface area contributed by atoms with E-state index in [2.05, 4.69) is 74.4 Å². The Morgan fingerprint density at radius 2 is 1.67 bits per heavy atom. The van der Waals surface area contributed by atoms with Crippen LogP contribution in [0.1, 0.15) is 41.7 Å². The standard InChI is InChI=1S/C21H29NS2/c1-4-5-10-17-11-6-7-12-18(17)21(24-16-15-22(2)3)19-13-8-9-14-20(19)23/h6-9,11-14,21,23H,4-5,10,15-16H2,1-3H3. The van der Waals surface area contributed by atoms with Crippen molar-refractivity contribution >= 4 is 24.4 Å². The van der Waals surface area contributed by atoms with Crippen molar-refractivity contribution in [1.82, 2.24) is 4.90 Å². The van der Waals surface area contributed by atoms with Gasteiger partial charge >= 0.3 is 0 Å². The van der Waals surface area contributed by atoms with Crippen LogP contribution < -0.4 is 0 Å². The number of nitrogens with zero attached hydrogens (tertiary/aromatic N) is 1. The van der Waals surface area contributed by atoms with Crippen LogP contribution in [0.2, 0.25) is 0 Å². The molecule has 0 heterocycles. The Balaban J connectivity index is 2.33. The Labute approximate surface area is 157 Å². The lowest BCUT2D eigenvalue weighted by atomic mass is 9.96. The first-order chi connectivity index (χ1) is 11.6. The summed E-state index contributed by atoms with van der Waals surface area (Å²) in [5.74, 6) is 1.11. The number of thiol groups is 1. The topological polar surface area (TPSA) is 3.24 Å². The molecule has 0 aliphatic rings. The maximum absolute atomic E-state index is 4.73. The molecule has 130 valence electrons. The fraction of sp³-hybridized carbons (Fsp3) is 0.429. The van der Waals surface area contributed by atoms with Crippen molar-refractivity contribution < 1.29 is 0 Å². The highest BCUT2D eigenvalue weighted by Crippen LogP contribution is 2.40. The highest BCUT2D eigenvalue weighted by atomic mass is 32.2. The van der Waals surface area contributed by atoms with Gasteiger partial charge in [0.2, 0.25) is 0 Å². The summed E-state index contributed by atoms with van der Waals surface area (Å²) in [6, 6.07) is 17.5. The smallest absolute Gasteiger partial charge is 0.0560 e. The fourth-order valence-electron chi connectivity index (χ4n) is 2.79. The van der Waals surface area contributed by atoms with Crippen molar-refractivity contribution in [3.05, 3.63) is 65.2 Å². The summed E-state index contributed by atoms with van der Waals surface area (Å²) in [7, 11) is 4.27. The predicted octanol–water partition coefficient (Wildman–Crippen LogP) is 5.70. The first-order valence-corrected chi connectivity index (χ1v) is 10.2. The Morgan fingerprint density at radius 3 is 2.33 bits per heavy atom. The van der Waals surface area contributed by atoms with Gasteiger partial charge in [-0.2, -0.15) is 0 Å². The Kier molecular flexibility index (Phi) is 8.23. The molecule has 0 saturated heterocycles. The lowest BCUT2D eigenvalue weighted by Gasteiger charge is -2.23. The third kappa shape index (κ3) is 5.58. The van der Waals surface area contributed by atoms with Gasteiger partial charge in [-0.15, -0.1) is 24.4 Å². The summed E-state index contributed by atoms with van der Waals surface area (Å²) >= 11 is 6.76. The highest BCUT2D eigenvalue weighted by Gasteiger charge is 2.19. The van der Waals surface area contributed by atoms with Gasteiger partial charge in [0, 0.05) is 17.2 Å². The largest absolute Gasteiger partial charge is 0.309 e. The van der Waals surface area contributed by atoms with Gasteiger partial charge in [0.15, 0.2) is 0 Å². The second kappa shape index (κ2) is 10.2. The summed E-state index contributed by atoms with van der Waals surface area (Å²) in [5, 5.41) is 0.353. The van der Waals surface area contributed by atoms with Crippen molar-refractivity contribution in [2.24, 2.45) is 0 Å².